The van der Waals surface area contributed by atoms with Crippen molar-refractivity contribution in [3.63, 3.8) is 0 Å². The van der Waals surface area contributed by atoms with Gasteiger partial charge in [0.15, 0.2) is 0 Å². The largest absolute Gasteiger partial charge is 0.384 e. The number of nitrogens with zero attached hydrogens (tertiary/aromatic N) is 2. The Bertz CT molecular complexity index is 552. The SMILES string of the molecule is COCCc1nc(Cl)c(-c2ccc(Br)cc2)c(Cl)n1. The molecule has 1 aromatic heterocycles. The van der Waals surface area contributed by atoms with Crippen LogP contribution in [0.15, 0.2) is 28.7 Å². The standard InChI is InChI=1S/C13H11BrCl2N2O/c1-19-7-6-10-17-12(15)11(13(16)18-10)8-2-4-9(14)5-3-8/h2-5H,6-7H2,1H3. The summed E-state index contributed by atoms with van der Waals surface area (Å²) in [6.07, 6.45) is 0.580. The van der Waals surface area contributed by atoms with E-state index in [0.717, 1.165) is 10.0 Å². The van der Waals surface area contributed by atoms with Crippen LogP contribution in [0.2, 0.25) is 10.3 Å². The highest BCUT2D eigenvalue weighted by molar-refractivity contribution is 9.10. The molecule has 6 heteroatoms. The summed E-state index contributed by atoms with van der Waals surface area (Å²) in [5.41, 5.74) is 1.54. The second-order valence-electron chi connectivity index (χ2n) is 3.85. The van der Waals surface area contributed by atoms with Crippen molar-refractivity contribution in [1.29, 1.82) is 0 Å². The molecule has 3 nitrogen and oxygen atoms in total. The van der Waals surface area contributed by atoms with E-state index in [0.29, 0.717) is 34.7 Å². The second kappa shape index (κ2) is 6.66. The van der Waals surface area contributed by atoms with Gasteiger partial charge in [-0.15, -0.1) is 0 Å². The lowest BCUT2D eigenvalue weighted by molar-refractivity contribution is 0.200. The zero-order valence-electron chi connectivity index (χ0n) is 10.2. The number of ether oxygens (including phenoxy) is 1. The van der Waals surface area contributed by atoms with Gasteiger partial charge in [-0.3, -0.25) is 0 Å². The fourth-order valence-corrected chi connectivity index (χ4v) is 2.51. The van der Waals surface area contributed by atoms with Gasteiger partial charge in [0.25, 0.3) is 0 Å². The van der Waals surface area contributed by atoms with Crippen molar-refractivity contribution in [2.45, 2.75) is 6.42 Å². The predicted octanol–water partition coefficient (Wildman–Crippen LogP) is 4.40. The first-order valence-electron chi connectivity index (χ1n) is 5.58. The fraction of sp³-hybridized carbons (Fsp3) is 0.231. The van der Waals surface area contributed by atoms with E-state index in [1.807, 2.05) is 24.3 Å². The Morgan fingerprint density at radius 3 is 2.21 bits per heavy atom. The molecule has 0 aliphatic carbocycles. The summed E-state index contributed by atoms with van der Waals surface area (Å²) in [7, 11) is 1.62. The molecule has 1 aromatic carbocycles. The molecule has 0 N–H and O–H groups in total. The minimum absolute atomic E-state index is 0.355. The maximum Gasteiger partial charge on any atom is 0.142 e. The van der Waals surface area contributed by atoms with Gasteiger partial charge in [-0.2, -0.15) is 0 Å². The molecule has 0 radical (unpaired) electrons. The summed E-state index contributed by atoms with van der Waals surface area (Å²) in [5.74, 6) is 0.581. The van der Waals surface area contributed by atoms with Crippen LogP contribution in [-0.4, -0.2) is 23.7 Å². The second-order valence-corrected chi connectivity index (χ2v) is 5.48. The summed E-state index contributed by atoms with van der Waals surface area (Å²) in [4.78, 5) is 8.50. The smallest absolute Gasteiger partial charge is 0.142 e. The minimum atomic E-state index is 0.355. The van der Waals surface area contributed by atoms with Gasteiger partial charge in [-0.25, -0.2) is 9.97 Å². The van der Waals surface area contributed by atoms with E-state index in [-0.39, 0.29) is 0 Å². The maximum atomic E-state index is 6.20. The molecule has 0 saturated carbocycles. The van der Waals surface area contributed by atoms with Crippen molar-refractivity contribution in [2.24, 2.45) is 0 Å². The zero-order chi connectivity index (χ0) is 13.8. The van der Waals surface area contributed by atoms with Gasteiger partial charge in [0, 0.05) is 18.0 Å². The van der Waals surface area contributed by atoms with Gasteiger partial charge < -0.3 is 4.74 Å². The Morgan fingerprint density at radius 2 is 1.68 bits per heavy atom. The van der Waals surface area contributed by atoms with Crippen molar-refractivity contribution in [2.75, 3.05) is 13.7 Å². The van der Waals surface area contributed by atoms with Gasteiger partial charge in [-0.05, 0) is 17.7 Å². The molecule has 2 rings (SSSR count). The minimum Gasteiger partial charge on any atom is -0.384 e. The lowest BCUT2D eigenvalue weighted by atomic mass is 10.1. The van der Waals surface area contributed by atoms with Crippen molar-refractivity contribution < 1.29 is 4.74 Å². The third kappa shape index (κ3) is 3.66. The van der Waals surface area contributed by atoms with Crippen LogP contribution >= 0.6 is 39.1 Å². The Labute approximate surface area is 130 Å². The fourth-order valence-electron chi connectivity index (χ4n) is 1.61. The molecule has 0 bridgehead atoms. The quantitative estimate of drug-likeness (QED) is 0.757. The van der Waals surface area contributed by atoms with Gasteiger partial charge >= 0.3 is 0 Å². The van der Waals surface area contributed by atoms with Crippen LogP contribution in [-0.2, 0) is 11.2 Å². The highest BCUT2D eigenvalue weighted by atomic mass is 79.9. The molecule has 100 valence electrons. The van der Waals surface area contributed by atoms with E-state index >= 15 is 0 Å². The van der Waals surface area contributed by atoms with Crippen LogP contribution in [0.5, 0.6) is 0 Å². The lowest BCUT2D eigenvalue weighted by Crippen LogP contribution is -2.02. The molecule has 1 heterocycles. The molecule has 0 unspecified atom stereocenters. The first-order valence-corrected chi connectivity index (χ1v) is 7.13. The first kappa shape index (κ1) is 14.7. The lowest BCUT2D eigenvalue weighted by Gasteiger charge is -2.08. The highest BCUT2D eigenvalue weighted by Crippen LogP contribution is 2.33. The van der Waals surface area contributed by atoms with Crippen LogP contribution in [0.4, 0.5) is 0 Å². The Hall–Kier alpha value is -0.680. The van der Waals surface area contributed by atoms with E-state index in [4.69, 9.17) is 27.9 Å². The Morgan fingerprint density at radius 1 is 1.11 bits per heavy atom. The van der Waals surface area contributed by atoms with Crippen molar-refractivity contribution in [3.8, 4) is 11.1 Å². The van der Waals surface area contributed by atoms with E-state index in [1.165, 1.54) is 0 Å². The number of benzene rings is 1. The Kier molecular flexibility index (Phi) is 5.16. The average Bonchev–Trinajstić information content (AvgIpc) is 2.38. The normalized spacial score (nSPS) is 10.7. The summed E-state index contributed by atoms with van der Waals surface area (Å²) >= 11 is 15.8. The first-order chi connectivity index (χ1) is 9.11. The molecule has 0 saturated heterocycles. The van der Waals surface area contributed by atoms with Gasteiger partial charge in [0.2, 0.25) is 0 Å². The summed E-state index contributed by atoms with van der Waals surface area (Å²) in [6, 6.07) is 7.66. The zero-order valence-corrected chi connectivity index (χ0v) is 13.3. The van der Waals surface area contributed by atoms with Gasteiger partial charge in [0.1, 0.15) is 16.1 Å². The molecular formula is C13H11BrCl2N2O. The van der Waals surface area contributed by atoms with Gasteiger partial charge in [-0.1, -0.05) is 51.3 Å². The number of methoxy groups -OCH3 is 1. The molecule has 0 aliphatic heterocycles. The Balaban J connectivity index is 2.38. The number of halogens is 3. The summed E-state index contributed by atoms with van der Waals surface area (Å²) < 4.78 is 5.97. The average molecular weight is 362 g/mol. The molecule has 0 amide bonds. The molecule has 2 aromatic rings. The van der Waals surface area contributed by atoms with Crippen molar-refractivity contribution in [1.82, 2.24) is 9.97 Å². The van der Waals surface area contributed by atoms with E-state index in [9.17, 15) is 0 Å². The van der Waals surface area contributed by atoms with Crippen molar-refractivity contribution in [3.05, 3.63) is 44.9 Å². The van der Waals surface area contributed by atoms with E-state index in [2.05, 4.69) is 25.9 Å². The number of rotatable bonds is 4. The van der Waals surface area contributed by atoms with Crippen LogP contribution in [0.1, 0.15) is 5.82 Å². The number of hydrogen-bond donors (Lipinski definition) is 0. The third-order valence-corrected chi connectivity index (χ3v) is 3.61. The molecule has 0 atom stereocenters. The van der Waals surface area contributed by atoms with Gasteiger partial charge in [0.05, 0.1) is 12.2 Å². The molecule has 0 aliphatic rings. The molecule has 0 fully saturated rings. The van der Waals surface area contributed by atoms with Crippen molar-refractivity contribution >= 4 is 39.1 Å². The third-order valence-electron chi connectivity index (χ3n) is 2.53. The van der Waals surface area contributed by atoms with E-state index in [1.54, 1.807) is 7.11 Å². The molecule has 19 heavy (non-hydrogen) atoms. The predicted molar refractivity (Wildman–Crippen MR) is 80.8 cm³/mol. The topological polar surface area (TPSA) is 35.0 Å². The maximum absolute atomic E-state index is 6.20. The summed E-state index contributed by atoms with van der Waals surface area (Å²) in [6.45, 7) is 0.532. The number of hydrogen-bond acceptors (Lipinski definition) is 3. The van der Waals surface area contributed by atoms with Crippen LogP contribution in [0, 0.1) is 0 Å². The molecule has 0 spiro atoms. The monoisotopic (exact) mass is 360 g/mol. The van der Waals surface area contributed by atoms with Crippen LogP contribution in [0.3, 0.4) is 0 Å². The highest BCUT2D eigenvalue weighted by Gasteiger charge is 2.13. The van der Waals surface area contributed by atoms with Crippen LogP contribution in [0.25, 0.3) is 11.1 Å². The summed E-state index contributed by atoms with van der Waals surface area (Å²) in [5, 5.41) is 0.710. The van der Waals surface area contributed by atoms with E-state index < -0.39 is 0 Å². The van der Waals surface area contributed by atoms with Crippen LogP contribution < -0.4 is 0 Å². The number of aromatic nitrogens is 2. The molecular weight excluding hydrogens is 351 g/mol.